The minimum absolute atomic E-state index is 0.136. The number of ether oxygens (including phenoxy) is 1. The summed E-state index contributed by atoms with van der Waals surface area (Å²) < 4.78 is 43.8. The van der Waals surface area contributed by atoms with E-state index in [2.05, 4.69) is 36.6 Å². The highest BCUT2D eigenvalue weighted by atomic mass is 19.4. The second-order valence-electron chi connectivity index (χ2n) is 7.06. The first-order valence-corrected chi connectivity index (χ1v) is 9.11. The average Bonchev–Trinajstić information content (AvgIpc) is 3.29. The largest absolute Gasteiger partial charge is 0.455 e. The third-order valence-electron chi connectivity index (χ3n) is 4.94. The molecule has 4 heterocycles. The summed E-state index contributed by atoms with van der Waals surface area (Å²) in [6.07, 6.45) is 2.63. The molecule has 4 rings (SSSR count). The molecule has 1 aliphatic rings. The van der Waals surface area contributed by atoms with Crippen molar-refractivity contribution in [3.63, 3.8) is 0 Å². The number of hydrogen-bond acceptors (Lipinski definition) is 6. The summed E-state index contributed by atoms with van der Waals surface area (Å²) in [5.74, 6) is 0. The maximum atomic E-state index is 12.4. The molecule has 1 N–H and O–H groups in total. The number of alkyl halides is 3. The third-order valence-corrected chi connectivity index (χ3v) is 4.94. The first-order valence-electron chi connectivity index (χ1n) is 9.11. The van der Waals surface area contributed by atoms with Crippen molar-refractivity contribution < 1.29 is 17.9 Å². The van der Waals surface area contributed by atoms with E-state index in [1.165, 1.54) is 12.3 Å². The number of imidazole rings is 1. The van der Waals surface area contributed by atoms with Crippen LogP contribution in [0.2, 0.25) is 0 Å². The van der Waals surface area contributed by atoms with Crippen LogP contribution in [0.15, 0.2) is 29.6 Å². The Morgan fingerprint density at radius 3 is 2.90 bits per heavy atom. The van der Waals surface area contributed by atoms with Crippen LogP contribution in [-0.2, 0) is 6.54 Å². The number of pyridine rings is 1. The van der Waals surface area contributed by atoms with Gasteiger partial charge in [0.05, 0.1) is 11.7 Å². The Bertz CT molecular complexity index is 1080. The minimum Gasteiger partial charge on any atom is -0.455 e. The Balaban J connectivity index is 1.66. The van der Waals surface area contributed by atoms with E-state index in [0.717, 1.165) is 25.9 Å². The van der Waals surface area contributed by atoms with E-state index in [9.17, 15) is 18.0 Å². The Kier molecular flexibility index (Phi) is 4.99. The molecule has 3 aromatic rings. The predicted octanol–water partition coefficient (Wildman–Crippen LogP) is 2.22. The van der Waals surface area contributed by atoms with Crippen molar-refractivity contribution in [1.82, 2.24) is 29.4 Å². The van der Waals surface area contributed by atoms with Gasteiger partial charge in [-0.1, -0.05) is 0 Å². The summed E-state index contributed by atoms with van der Waals surface area (Å²) in [4.78, 5) is 29.4. The van der Waals surface area contributed by atoms with Gasteiger partial charge < -0.3 is 14.2 Å². The number of rotatable bonds is 5. The van der Waals surface area contributed by atoms with Crippen LogP contribution in [0.1, 0.15) is 12.8 Å². The van der Waals surface area contributed by atoms with Crippen LogP contribution in [0.25, 0.3) is 22.3 Å². The van der Waals surface area contributed by atoms with Crippen molar-refractivity contribution in [1.29, 1.82) is 0 Å². The van der Waals surface area contributed by atoms with E-state index >= 15 is 0 Å². The van der Waals surface area contributed by atoms with Crippen molar-refractivity contribution in [2.75, 3.05) is 20.2 Å². The van der Waals surface area contributed by atoms with Crippen molar-refractivity contribution >= 4 is 10.9 Å². The number of fused-ring (bicyclic) bond motifs is 1. The number of halogens is 3. The fourth-order valence-electron chi connectivity index (χ4n) is 3.49. The molecule has 0 amide bonds. The lowest BCUT2D eigenvalue weighted by Gasteiger charge is -2.19. The third kappa shape index (κ3) is 4.24. The summed E-state index contributed by atoms with van der Waals surface area (Å²) >= 11 is 0. The van der Waals surface area contributed by atoms with Gasteiger partial charge in [-0.2, -0.15) is 18.2 Å². The van der Waals surface area contributed by atoms with Crippen molar-refractivity contribution in [3.8, 4) is 17.4 Å². The van der Waals surface area contributed by atoms with Gasteiger partial charge in [0.2, 0.25) is 0 Å². The minimum atomic E-state index is -4.54. The van der Waals surface area contributed by atoms with Gasteiger partial charge in [0.1, 0.15) is 16.9 Å². The number of nitrogens with zero attached hydrogens (tertiary/aromatic N) is 5. The zero-order chi connectivity index (χ0) is 20.6. The van der Waals surface area contributed by atoms with Gasteiger partial charge in [-0.05, 0) is 32.5 Å². The molecule has 1 aliphatic heterocycles. The summed E-state index contributed by atoms with van der Waals surface area (Å²) in [7, 11) is 2.08. The van der Waals surface area contributed by atoms with Crippen molar-refractivity contribution in [2.24, 2.45) is 0 Å². The fraction of sp³-hybridized carbons (Fsp3) is 0.444. The highest BCUT2D eigenvalue weighted by Gasteiger charge is 2.29. The molecule has 0 aromatic carbocycles. The summed E-state index contributed by atoms with van der Waals surface area (Å²) in [5.41, 5.74) is 0.319. The number of aromatic amines is 1. The first-order chi connectivity index (χ1) is 13.8. The molecule has 1 atom stereocenters. The Labute approximate surface area is 163 Å². The molecule has 1 saturated heterocycles. The molecule has 8 nitrogen and oxygen atoms in total. The molecule has 154 valence electrons. The summed E-state index contributed by atoms with van der Waals surface area (Å²) in [6, 6.07) is 1.35. The lowest BCUT2D eigenvalue weighted by atomic mass is 10.2. The second-order valence-corrected chi connectivity index (χ2v) is 7.06. The molecular weight excluding hydrogens is 389 g/mol. The van der Waals surface area contributed by atoms with Crippen molar-refractivity contribution in [3.05, 3.63) is 35.1 Å². The smallest absolute Gasteiger partial charge is 0.422 e. The van der Waals surface area contributed by atoms with Gasteiger partial charge in [0, 0.05) is 25.0 Å². The Hall–Kier alpha value is -2.95. The van der Waals surface area contributed by atoms with E-state index in [-0.39, 0.29) is 10.9 Å². The number of H-pyrrole nitrogens is 1. The molecule has 0 aliphatic carbocycles. The molecule has 1 unspecified atom stereocenters. The average molecular weight is 408 g/mol. The molecule has 11 heteroatoms. The summed E-state index contributed by atoms with van der Waals surface area (Å²) in [6.45, 7) is 0.271. The molecule has 0 radical (unpaired) electrons. The van der Waals surface area contributed by atoms with Crippen LogP contribution in [-0.4, -0.2) is 61.8 Å². The molecule has 29 heavy (non-hydrogen) atoms. The van der Waals surface area contributed by atoms with Crippen molar-refractivity contribution in [2.45, 2.75) is 31.6 Å². The number of aromatic nitrogens is 5. The van der Waals surface area contributed by atoms with Crippen LogP contribution < -0.4 is 10.3 Å². The topological polar surface area (TPSA) is 88.9 Å². The van der Waals surface area contributed by atoms with E-state index in [0.29, 0.717) is 17.4 Å². The second kappa shape index (κ2) is 7.47. The van der Waals surface area contributed by atoms with Gasteiger partial charge >= 0.3 is 6.18 Å². The van der Waals surface area contributed by atoms with E-state index in [4.69, 9.17) is 0 Å². The SMILES string of the molecule is CN1CCCC1Cn1cnc(-c2nccc3c(=O)[nH]c(OCC(F)(F)F)nc23)c1. The molecule has 3 aromatic heterocycles. The van der Waals surface area contributed by atoms with Crippen LogP contribution >= 0.6 is 0 Å². The number of likely N-dealkylation sites (N-methyl/N-ethyl adjacent to an activating group) is 1. The Morgan fingerprint density at radius 1 is 1.34 bits per heavy atom. The van der Waals surface area contributed by atoms with Gasteiger partial charge in [-0.3, -0.25) is 14.8 Å². The molecule has 0 saturated carbocycles. The van der Waals surface area contributed by atoms with Gasteiger partial charge in [-0.25, -0.2) is 4.98 Å². The maximum Gasteiger partial charge on any atom is 0.422 e. The molecular formula is C18H19F3N6O2. The maximum absolute atomic E-state index is 12.4. The molecule has 0 spiro atoms. The lowest BCUT2D eigenvalue weighted by molar-refractivity contribution is -0.154. The quantitative estimate of drug-likeness (QED) is 0.697. The Morgan fingerprint density at radius 2 is 2.17 bits per heavy atom. The highest BCUT2D eigenvalue weighted by Crippen LogP contribution is 2.24. The van der Waals surface area contributed by atoms with Crippen LogP contribution in [0.3, 0.4) is 0 Å². The van der Waals surface area contributed by atoms with Gasteiger partial charge in [0.25, 0.3) is 11.6 Å². The van der Waals surface area contributed by atoms with Crippen LogP contribution in [0.5, 0.6) is 6.01 Å². The number of likely N-dealkylation sites (tertiary alicyclic amines) is 1. The first kappa shape index (κ1) is 19.4. The van der Waals surface area contributed by atoms with Gasteiger partial charge in [0.15, 0.2) is 6.61 Å². The predicted molar refractivity (Wildman–Crippen MR) is 98.6 cm³/mol. The van der Waals surface area contributed by atoms with Crippen LogP contribution in [0.4, 0.5) is 13.2 Å². The monoisotopic (exact) mass is 408 g/mol. The zero-order valence-corrected chi connectivity index (χ0v) is 15.6. The molecule has 0 bridgehead atoms. The lowest BCUT2D eigenvalue weighted by Crippen LogP contribution is -2.28. The van der Waals surface area contributed by atoms with E-state index in [1.807, 2.05) is 4.57 Å². The number of hydrogen-bond donors (Lipinski definition) is 1. The zero-order valence-electron chi connectivity index (χ0n) is 15.6. The van der Waals surface area contributed by atoms with Gasteiger partial charge in [-0.15, -0.1) is 0 Å². The van der Waals surface area contributed by atoms with Crippen LogP contribution in [0, 0.1) is 0 Å². The highest BCUT2D eigenvalue weighted by molar-refractivity contribution is 5.89. The fourth-order valence-corrected chi connectivity index (χ4v) is 3.49. The summed E-state index contributed by atoms with van der Waals surface area (Å²) in [5, 5.41) is 0.194. The van der Waals surface area contributed by atoms with E-state index < -0.39 is 24.4 Å². The molecule has 1 fully saturated rings. The normalized spacial score (nSPS) is 17.9. The standard InChI is InChI=1S/C18H19F3N6O2/c1-26-6-2-3-11(26)7-27-8-13(23-10-27)15-14-12(4-5-22-15)16(28)25-17(24-14)29-9-18(19,20)21/h4-5,8,10-11H,2-3,6-7,9H2,1H3,(H,24,25,28). The number of nitrogens with one attached hydrogen (secondary N) is 1. The van der Waals surface area contributed by atoms with E-state index in [1.54, 1.807) is 12.5 Å².